The lowest BCUT2D eigenvalue weighted by atomic mass is 9.67. The van der Waals surface area contributed by atoms with E-state index in [0.29, 0.717) is 41.1 Å². The van der Waals surface area contributed by atoms with Crippen LogP contribution in [0.5, 0.6) is 0 Å². The highest BCUT2D eigenvalue weighted by Gasteiger charge is 2.42. The Morgan fingerprint density at radius 2 is 1.68 bits per heavy atom. The van der Waals surface area contributed by atoms with Crippen molar-refractivity contribution in [2.24, 2.45) is 5.41 Å². The molecule has 0 radical (unpaired) electrons. The fourth-order valence-electron chi connectivity index (χ4n) is 4.78. The number of aliphatic carboxylic acids is 1. The molecule has 0 saturated heterocycles. The lowest BCUT2D eigenvalue weighted by Gasteiger charge is -2.35. The summed E-state index contributed by atoms with van der Waals surface area (Å²) in [4.78, 5) is 36.9. The third-order valence-electron chi connectivity index (χ3n) is 6.86. The van der Waals surface area contributed by atoms with Crippen molar-refractivity contribution in [2.45, 2.75) is 38.8 Å². The third-order valence-corrected chi connectivity index (χ3v) is 7.17. The largest absolute Gasteiger partial charge is 0.481 e. The number of urea groups is 1. The zero-order chi connectivity index (χ0) is 27.7. The van der Waals surface area contributed by atoms with Crippen LogP contribution in [0.2, 0.25) is 5.02 Å². The van der Waals surface area contributed by atoms with Crippen molar-refractivity contribution < 1.29 is 32.7 Å². The molecule has 198 valence electrons. The maximum Gasteiger partial charge on any atom is 0.416 e. The molecular formula is C28H24ClF3N2O4. The Hall–Kier alpha value is -3.85. The molecule has 0 heterocycles. The van der Waals surface area contributed by atoms with Gasteiger partial charge in [0.1, 0.15) is 0 Å². The van der Waals surface area contributed by atoms with Crippen molar-refractivity contribution in [1.82, 2.24) is 0 Å². The van der Waals surface area contributed by atoms with Crippen LogP contribution >= 0.6 is 11.6 Å². The number of carboxylic acids is 1. The van der Waals surface area contributed by atoms with E-state index in [1.165, 1.54) is 18.2 Å². The van der Waals surface area contributed by atoms with E-state index < -0.39 is 29.2 Å². The van der Waals surface area contributed by atoms with Crippen molar-refractivity contribution in [3.63, 3.8) is 0 Å². The number of fused-ring (bicyclic) bond motifs is 1. The van der Waals surface area contributed by atoms with E-state index in [1.54, 1.807) is 24.3 Å². The summed E-state index contributed by atoms with van der Waals surface area (Å²) in [6.45, 7) is 1.83. The first-order chi connectivity index (χ1) is 17.9. The van der Waals surface area contributed by atoms with Crippen LogP contribution in [0.1, 0.15) is 47.7 Å². The van der Waals surface area contributed by atoms with Crippen molar-refractivity contribution in [1.29, 1.82) is 0 Å². The number of alkyl halides is 3. The number of aryl methyl sites for hydroxylation is 1. The van der Waals surface area contributed by atoms with Gasteiger partial charge in [0, 0.05) is 27.9 Å². The number of hydrogen-bond acceptors (Lipinski definition) is 3. The highest BCUT2D eigenvalue weighted by atomic mass is 35.5. The van der Waals surface area contributed by atoms with E-state index >= 15 is 0 Å². The topological polar surface area (TPSA) is 95.5 Å². The van der Waals surface area contributed by atoms with Gasteiger partial charge in [-0.05, 0) is 60.7 Å². The zero-order valence-corrected chi connectivity index (χ0v) is 21.0. The van der Waals surface area contributed by atoms with E-state index in [-0.39, 0.29) is 17.9 Å². The molecule has 4 rings (SSSR count). The smallest absolute Gasteiger partial charge is 0.416 e. The van der Waals surface area contributed by atoms with E-state index in [1.807, 2.05) is 13.0 Å². The van der Waals surface area contributed by atoms with Crippen LogP contribution in [-0.2, 0) is 17.4 Å². The average Bonchev–Trinajstić information content (AvgIpc) is 2.85. The summed E-state index contributed by atoms with van der Waals surface area (Å²) in [5, 5.41) is 14.5. The molecule has 38 heavy (non-hydrogen) atoms. The molecule has 10 heteroatoms. The molecule has 0 unspecified atom stereocenters. The normalized spacial score (nSPS) is 17.0. The first-order valence-corrected chi connectivity index (χ1v) is 12.2. The standard InChI is InChI=1S/C28H24ClF3N2O4/c1-2-27(15-24(35)36)11-10-17-12-16(6-8-22(17)25(27)37)21-9-7-20(14-23(21)29)34-26(38)33-19-5-3-4-18(13-19)28(30,31)32/h3-9,12-14H,2,10-11,15H2,1H3,(H,35,36)(H2,33,34,38)/t27-/m1/s1. The maximum absolute atomic E-state index is 13.2. The quantitative estimate of drug-likeness (QED) is 0.297. The molecule has 3 aromatic carbocycles. The fourth-order valence-corrected chi connectivity index (χ4v) is 5.07. The lowest BCUT2D eigenvalue weighted by Crippen LogP contribution is -2.37. The minimum absolute atomic E-state index is 0.0147. The number of carboxylic acid groups (broad SMARTS) is 1. The number of amides is 2. The second kappa shape index (κ2) is 10.5. The number of carbonyl (C=O) groups is 3. The van der Waals surface area contributed by atoms with Gasteiger partial charge in [-0.2, -0.15) is 13.2 Å². The summed E-state index contributed by atoms with van der Waals surface area (Å²) >= 11 is 6.49. The Kier molecular flexibility index (Phi) is 7.51. The minimum atomic E-state index is -4.53. The van der Waals surface area contributed by atoms with Crippen LogP contribution in [0.15, 0.2) is 60.7 Å². The molecule has 0 saturated carbocycles. The van der Waals surface area contributed by atoms with E-state index in [0.717, 1.165) is 23.3 Å². The number of carbonyl (C=O) groups excluding carboxylic acids is 2. The Labute approximate surface area is 221 Å². The Bertz CT molecular complexity index is 1420. The molecule has 0 aromatic heterocycles. The number of Topliss-reactive ketones (excluding diaryl/α,β-unsaturated/α-hetero) is 1. The maximum atomic E-state index is 13.2. The molecule has 1 atom stereocenters. The van der Waals surface area contributed by atoms with Crippen LogP contribution in [-0.4, -0.2) is 22.9 Å². The molecule has 1 aliphatic rings. The molecular weight excluding hydrogens is 521 g/mol. The monoisotopic (exact) mass is 544 g/mol. The second-order valence-electron chi connectivity index (χ2n) is 9.26. The molecule has 0 spiro atoms. The van der Waals surface area contributed by atoms with Gasteiger partial charge < -0.3 is 15.7 Å². The molecule has 3 N–H and O–H groups in total. The molecule has 0 bridgehead atoms. The molecule has 6 nitrogen and oxygen atoms in total. The molecule has 0 aliphatic heterocycles. The summed E-state index contributed by atoms with van der Waals surface area (Å²) in [6, 6.07) is 13.7. The summed E-state index contributed by atoms with van der Waals surface area (Å²) in [5.41, 5.74) is 1.28. The first kappa shape index (κ1) is 27.2. The Balaban J connectivity index is 1.50. The molecule has 2 amide bonds. The Morgan fingerprint density at radius 1 is 1.00 bits per heavy atom. The summed E-state index contributed by atoms with van der Waals surface area (Å²) in [7, 11) is 0. The average molecular weight is 545 g/mol. The second-order valence-corrected chi connectivity index (χ2v) is 9.66. The van der Waals surface area contributed by atoms with Gasteiger partial charge in [-0.3, -0.25) is 9.59 Å². The third kappa shape index (κ3) is 5.67. The Morgan fingerprint density at radius 3 is 2.32 bits per heavy atom. The van der Waals surface area contributed by atoms with Gasteiger partial charge in [-0.25, -0.2) is 4.79 Å². The van der Waals surface area contributed by atoms with Gasteiger partial charge in [-0.15, -0.1) is 0 Å². The minimum Gasteiger partial charge on any atom is -0.481 e. The van der Waals surface area contributed by atoms with Crippen molar-refractivity contribution in [3.05, 3.63) is 82.4 Å². The number of rotatable bonds is 6. The van der Waals surface area contributed by atoms with Crippen LogP contribution < -0.4 is 10.6 Å². The molecule has 0 fully saturated rings. The van der Waals surface area contributed by atoms with Gasteiger partial charge >= 0.3 is 18.2 Å². The van der Waals surface area contributed by atoms with Gasteiger partial charge in [-0.1, -0.05) is 48.9 Å². The van der Waals surface area contributed by atoms with Crippen LogP contribution in [0.25, 0.3) is 11.1 Å². The van der Waals surface area contributed by atoms with E-state index in [2.05, 4.69) is 10.6 Å². The van der Waals surface area contributed by atoms with Gasteiger partial charge in [0.05, 0.1) is 17.0 Å². The number of hydrogen-bond donors (Lipinski definition) is 3. The lowest BCUT2D eigenvalue weighted by molar-refractivity contribution is -0.139. The van der Waals surface area contributed by atoms with Crippen molar-refractivity contribution in [2.75, 3.05) is 10.6 Å². The number of ketones is 1. The van der Waals surface area contributed by atoms with Crippen molar-refractivity contribution in [3.8, 4) is 11.1 Å². The van der Waals surface area contributed by atoms with Gasteiger partial charge in [0.15, 0.2) is 5.78 Å². The molecule has 1 aliphatic carbocycles. The molecule has 3 aromatic rings. The summed E-state index contributed by atoms with van der Waals surface area (Å²) in [6.07, 6.45) is -3.28. The number of nitrogens with one attached hydrogen (secondary N) is 2. The van der Waals surface area contributed by atoms with Gasteiger partial charge in [0.25, 0.3) is 0 Å². The van der Waals surface area contributed by atoms with E-state index in [4.69, 9.17) is 11.6 Å². The van der Waals surface area contributed by atoms with Gasteiger partial charge in [0.2, 0.25) is 0 Å². The number of halogens is 4. The predicted octanol–water partition coefficient (Wildman–Crippen LogP) is 7.67. The zero-order valence-electron chi connectivity index (χ0n) is 20.3. The highest BCUT2D eigenvalue weighted by molar-refractivity contribution is 6.33. The van der Waals surface area contributed by atoms with Crippen molar-refractivity contribution >= 4 is 40.8 Å². The number of anilines is 2. The number of benzene rings is 3. The first-order valence-electron chi connectivity index (χ1n) is 11.9. The van der Waals surface area contributed by atoms with Crippen LogP contribution in [0.4, 0.5) is 29.3 Å². The fraction of sp³-hybridized carbons (Fsp3) is 0.250. The summed E-state index contributed by atoms with van der Waals surface area (Å²) < 4.78 is 38.7. The van der Waals surface area contributed by atoms with Crippen LogP contribution in [0, 0.1) is 5.41 Å². The SMILES string of the molecule is CC[C@]1(CC(=O)O)CCc2cc(-c3ccc(NC(=O)Nc4cccc(C(F)(F)F)c4)cc3Cl)ccc2C1=O. The van der Waals surface area contributed by atoms with E-state index in [9.17, 15) is 32.7 Å². The van der Waals surface area contributed by atoms with Crippen LogP contribution in [0.3, 0.4) is 0 Å². The highest BCUT2D eigenvalue weighted by Crippen LogP contribution is 2.42. The predicted molar refractivity (Wildman–Crippen MR) is 139 cm³/mol. The summed E-state index contributed by atoms with van der Waals surface area (Å²) in [5.74, 6) is -1.16.